The van der Waals surface area contributed by atoms with Crippen molar-refractivity contribution in [1.82, 2.24) is 34.7 Å². The number of fused-ring (bicyclic) bond motifs is 4. The smallest absolute Gasteiger partial charge is 0.247 e. The van der Waals surface area contributed by atoms with Crippen LogP contribution in [0.2, 0.25) is 23.2 Å². The van der Waals surface area contributed by atoms with Gasteiger partial charge in [-0.2, -0.15) is 5.10 Å². The molecule has 49 heavy (non-hydrogen) atoms. The number of benzene rings is 1. The number of carbonyl (C=O) groups excluding carboxylic acids is 2. The number of halogens is 1. The molecule has 0 aliphatic carbocycles. The van der Waals surface area contributed by atoms with Gasteiger partial charge in [-0.15, -0.1) is 5.10 Å². The number of carbonyl (C=O) groups is 2. The van der Waals surface area contributed by atoms with Crippen molar-refractivity contribution in [3.63, 3.8) is 0 Å². The summed E-state index contributed by atoms with van der Waals surface area (Å²) >= 11 is 6.42. The standard InChI is InChI=1S/C36H45ClN8O3Si/c1-24-8-7-9-32(43-16-13-25(21-33(43)46)28-22-27(37)10-11-31(28)44-17-15-39-42-44)29-20-26(12-14-38-29)34-30(41-35(24)47)23-40-45(34)18-19-48-49(5,6)36(2,3)4/h10-12,14-15,17,20-24,32H,7-9,13,16,18-19H2,1-6H3,(H,41,47). The molecule has 5 heterocycles. The zero-order valence-electron chi connectivity index (χ0n) is 29.1. The number of hydrogen-bond donors (Lipinski definition) is 1. The van der Waals surface area contributed by atoms with Gasteiger partial charge in [-0.3, -0.25) is 19.3 Å². The van der Waals surface area contributed by atoms with E-state index in [4.69, 9.17) is 26.1 Å². The minimum Gasteiger partial charge on any atom is -0.415 e. The molecule has 2 aliphatic heterocycles. The number of pyridine rings is 1. The first-order chi connectivity index (χ1) is 23.3. The summed E-state index contributed by atoms with van der Waals surface area (Å²) in [5.74, 6) is -0.350. The van der Waals surface area contributed by atoms with Gasteiger partial charge in [0.05, 0.1) is 60.5 Å². The molecule has 0 saturated heterocycles. The van der Waals surface area contributed by atoms with E-state index in [9.17, 15) is 9.59 Å². The SMILES string of the molecule is CC1CCCC(N2CCC(c3cc(Cl)ccc3-n3ccnn3)=CC2=O)c2cc(ccn2)-c2c(cnn2CCO[Si](C)(C)C(C)(C)C)NC1=O. The predicted molar refractivity (Wildman–Crippen MR) is 194 cm³/mol. The molecule has 2 amide bonds. The Kier molecular flexibility index (Phi) is 9.92. The van der Waals surface area contributed by atoms with Crippen molar-refractivity contribution in [2.45, 2.75) is 84.1 Å². The van der Waals surface area contributed by atoms with Crippen molar-refractivity contribution in [3.05, 3.63) is 77.5 Å². The Morgan fingerprint density at radius 2 is 1.92 bits per heavy atom. The highest BCUT2D eigenvalue weighted by atomic mass is 35.5. The quantitative estimate of drug-likeness (QED) is 0.201. The second-order valence-electron chi connectivity index (χ2n) is 14.5. The van der Waals surface area contributed by atoms with E-state index < -0.39 is 8.32 Å². The van der Waals surface area contributed by atoms with Gasteiger partial charge in [-0.25, -0.2) is 4.68 Å². The van der Waals surface area contributed by atoms with E-state index in [-0.39, 0.29) is 28.8 Å². The Balaban J connectivity index is 1.33. The highest BCUT2D eigenvalue weighted by Crippen LogP contribution is 2.38. The Hall–Kier alpha value is -4.13. The van der Waals surface area contributed by atoms with Crippen LogP contribution in [0.4, 0.5) is 5.69 Å². The maximum atomic E-state index is 14.0. The van der Waals surface area contributed by atoms with Gasteiger partial charge in [-0.1, -0.05) is 50.9 Å². The lowest BCUT2D eigenvalue weighted by Gasteiger charge is -2.36. The molecule has 2 unspecified atom stereocenters. The molecule has 4 aromatic rings. The van der Waals surface area contributed by atoms with E-state index in [2.05, 4.69) is 49.5 Å². The Morgan fingerprint density at radius 3 is 2.65 bits per heavy atom. The van der Waals surface area contributed by atoms with Crippen LogP contribution in [-0.2, 0) is 20.6 Å². The number of amides is 2. The average molecular weight is 701 g/mol. The van der Waals surface area contributed by atoms with E-state index in [0.717, 1.165) is 40.2 Å². The predicted octanol–water partition coefficient (Wildman–Crippen LogP) is 7.32. The van der Waals surface area contributed by atoms with Crippen molar-refractivity contribution in [3.8, 4) is 16.9 Å². The highest BCUT2D eigenvalue weighted by molar-refractivity contribution is 6.74. The molecular formula is C36H45ClN8O3Si. The first-order valence-electron chi connectivity index (χ1n) is 17.0. The molecule has 0 fully saturated rings. The minimum atomic E-state index is -1.96. The molecule has 2 aliphatic rings. The second kappa shape index (κ2) is 14.0. The summed E-state index contributed by atoms with van der Waals surface area (Å²) in [6.45, 7) is 14.7. The summed E-state index contributed by atoms with van der Waals surface area (Å²) in [5, 5.41) is 16.6. The van der Waals surface area contributed by atoms with Crippen LogP contribution in [0.15, 0.2) is 61.2 Å². The first kappa shape index (κ1) is 34.7. The lowest BCUT2D eigenvalue weighted by atomic mass is 9.93. The lowest BCUT2D eigenvalue weighted by molar-refractivity contribution is -0.129. The van der Waals surface area contributed by atoms with Gasteiger partial charge in [0.1, 0.15) is 0 Å². The van der Waals surface area contributed by atoms with Gasteiger partial charge >= 0.3 is 0 Å². The fourth-order valence-corrected chi connectivity index (χ4v) is 7.49. The monoisotopic (exact) mass is 700 g/mol. The molecule has 2 bridgehead atoms. The first-order valence-corrected chi connectivity index (χ1v) is 20.3. The zero-order valence-corrected chi connectivity index (χ0v) is 30.9. The molecule has 0 spiro atoms. The van der Waals surface area contributed by atoms with Crippen LogP contribution in [0.3, 0.4) is 0 Å². The molecule has 3 aromatic heterocycles. The van der Waals surface area contributed by atoms with Gasteiger partial charge in [0.15, 0.2) is 8.32 Å². The van der Waals surface area contributed by atoms with Gasteiger partial charge in [0.25, 0.3) is 0 Å². The lowest BCUT2D eigenvalue weighted by Crippen LogP contribution is -2.41. The van der Waals surface area contributed by atoms with Gasteiger partial charge in [0, 0.05) is 40.9 Å². The van der Waals surface area contributed by atoms with E-state index in [1.54, 1.807) is 35.5 Å². The van der Waals surface area contributed by atoms with Crippen molar-refractivity contribution < 1.29 is 14.0 Å². The van der Waals surface area contributed by atoms with Crippen LogP contribution in [0, 0.1) is 5.92 Å². The number of aromatic nitrogens is 6. The van der Waals surface area contributed by atoms with Gasteiger partial charge in [-0.05, 0) is 73.3 Å². The van der Waals surface area contributed by atoms with Crippen molar-refractivity contribution >= 4 is 43.0 Å². The minimum absolute atomic E-state index is 0.0453. The molecule has 1 N–H and O–H groups in total. The molecule has 2 atom stereocenters. The van der Waals surface area contributed by atoms with Crippen LogP contribution in [0.5, 0.6) is 0 Å². The zero-order chi connectivity index (χ0) is 34.9. The van der Waals surface area contributed by atoms with E-state index in [1.165, 1.54) is 0 Å². The number of anilines is 1. The van der Waals surface area contributed by atoms with Crippen LogP contribution in [-0.4, -0.2) is 67.9 Å². The van der Waals surface area contributed by atoms with Crippen LogP contribution >= 0.6 is 11.6 Å². The fourth-order valence-electron chi connectivity index (χ4n) is 6.28. The molecular weight excluding hydrogens is 656 g/mol. The third kappa shape index (κ3) is 7.41. The third-order valence-electron chi connectivity index (χ3n) is 10.2. The number of nitrogens with one attached hydrogen (secondary N) is 1. The summed E-state index contributed by atoms with van der Waals surface area (Å²) in [5.41, 5.74) is 5.70. The van der Waals surface area contributed by atoms with E-state index >= 15 is 0 Å². The summed E-state index contributed by atoms with van der Waals surface area (Å²) in [7, 11) is -1.96. The fraction of sp³-hybridized carbons (Fsp3) is 0.444. The van der Waals surface area contributed by atoms with Crippen LogP contribution in [0.1, 0.15) is 70.7 Å². The normalized spacial score (nSPS) is 19.1. The van der Waals surface area contributed by atoms with Crippen LogP contribution in [0.25, 0.3) is 22.5 Å². The second-order valence-corrected chi connectivity index (χ2v) is 19.8. The molecule has 11 nitrogen and oxygen atoms in total. The summed E-state index contributed by atoms with van der Waals surface area (Å²) in [6, 6.07) is 9.29. The Morgan fingerprint density at radius 1 is 1.10 bits per heavy atom. The average Bonchev–Trinajstić information content (AvgIpc) is 3.73. The van der Waals surface area contributed by atoms with Crippen molar-refractivity contribution in [2.24, 2.45) is 5.92 Å². The molecule has 258 valence electrons. The number of rotatable bonds is 7. The van der Waals surface area contributed by atoms with Gasteiger partial charge in [0.2, 0.25) is 11.8 Å². The maximum absolute atomic E-state index is 14.0. The van der Waals surface area contributed by atoms with E-state index in [0.29, 0.717) is 49.7 Å². The number of hydrogen-bond acceptors (Lipinski definition) is 7. The summed E-state index contributed by atoms with van der Waals surface area (Å²) in [6.07, 6.45) is 11.4. The van der Waals surface area contributed by atoms with E-state index in [1.807, 2.05) is 46.8 Å². The highest BCUT2D eigenvalue weighted by Gasteiger charge is 2.37. The topological polar surface area (TPSA) is 120 Å². The molecule has 0 radical (unpaired) electrons. The van der Waals surface area contributed by atoms with Gasteiger partial charge < -0.3 is 14.6 Å². The molecule has 0 saturated carbocycles. The molecule has 13 heteroatoms. The Bertz CT molecular complexity index is 1860. The molecule has 1 aromatic carbocycles. The Labute approximate surface area is 293 Å². The summed E-state index contributed by atoms with van der Waals surface area (Å²) < 4.78 is 10.1. The van der Waals surface area contributed by atoms with Crippen molar-refractivity contribution in [1.29, 1.82) is 0 Å². The largest absolute Gasteiger partial charge is 0.415 e. The number of nitrogens with zero attached hydrogens (tertiary/aromatic N) is 7. The van der Waals surface area contributed by atoms with Crippen LogP contribution < -0.4 is 5.32 Å². The van der Waals surface area contributed by atoms with Crippen molar-refractivity contribution in [2.75, 3.05) is 18.5 Å². The molecule has 6 rings (SSSR count). The maximum Gasteiger partial charge on any atom is 0.247 e. The third-order valence-corrected chi connectivity index (χ3v) is 15.0. The summed E-state index contributed by atoms with van der Waals surface area (Å²) in [4.78, 5) is 34.1.